The first kappa shape index (κ1) is 19.0. The Morgan fingerprint density at radius 2 is 1.90 bits per heavy atom. The zero-order valence-corrected chi connectivity index (χ0v) is 17.2. The Hall–Kier alpha value is -4.01. The standard InChI is InChI=1S/C22H21N7O2/c1-24-19-17-11-25-18(22(7-8-22)20(23)30)9-15(17)16(10-26-19)13-3-5-14(6-4-13)31-21-27-12-29(2)28-21/h3-6,9-12H,7-8H2,1-2H3,(H2,23,30)(H,24,26). The van der Waals surface area contributed by atoms with Crippen LogP contribution >= 0.6 is 0 Å². The Balaban J connectivity index is 1.56. The molecule has 1 saturated carbocycles. The van der Waals surface area contributed by atoms with Gasteiger partial charge in [-0.05, 0) is 42.0 Å². The number of primary amides is 1. The van der Waals surface area contributed by atoms with Gasteiger partial charge in [0.15, 0.2) is 0 Å². The first-order valence-electron chi connectivity index (χ1n) is 9.91. The fraction of sp³-hybridized carbons (Fsp3) is 0.227. The number of nitrogens with zero attached hydrogens (tertiary/aromatic N) is 5. The molecule has 0 saturated heterocycles. The number of carbonyl (C=O) groups excluding carboxylic acids is 1. The molecule has 0 spiro atoms. The Morgan fingerprint density at radius 3 is 2.52 bits per heavy atom. The number of benzene rings is 1. The van der Waals surface area contributed by atoms with Crippen molar-refractivity contribution in [1.82, 2.24) is 24.7 Å². The van der Waals surface area contributed by atoms with Gasteiger partial charge >= 0.3 is 6.01 Å². The topological polar surface area (TPSA) is 121 Å². The molecule has 0 aliphatic heterocycles. The van der Waals surface area contributed by atoms with Crippen LogP contribution in [0.2, 0.25) is 0 Å². The second-order valence-corrected chi connectivity index (χ2v) is 7.66. The zero-order chi connectivity index (χ0) is 21.6. The Morgan fingerprint density at radius 1 is 1.13 bits per heavy atom. The van der Waals surface area contributed by atoms with Crippen molar-refractivity contribution in [2.45, 2.75) is 18.3 Å². The van der Waals surface area contributed by atoms with Crippen molar-refractivity contribution in [1.29, 1.82) is 0 Å². The number of nitrogens with one attached hydrogen (secondary N) is 1. The summed E-state index contributed by atoms with van der Waals surface area (Å²) in [6, 6.07) is 9.88. The number of ether oxygens (including phenoxy) is 1. The van der Waals surface area contributed by atoms with Crippen LogP contribution in [0.4, 0.5) is 5.82 Å². The third-order valence-electron chi connectivity index (χ3n) is 5.67. The number of fused-ring (bicyclic) bond motifs is 1. The van der Waals surface area contributed by atoms with E-state index in [0.29, 0.717) is 11.4 Å². The highest BCUT2D eigenvalue weighted by atomic mass is 16.5. The molecule has 0 atom stereocenters. The van der Waals surface area contributed by atoms with Crippen molar-refractivity contribution in [3.63, 3.8) is 0 Å². The highest BCUT2D eigenvalue weighted by Gasteiger charge is 2.51. The largest absolute Gasteiger partial charge is 0.423 e. The van der Waals surface area contributed by atoms with Crippen LogP contribution in [0.1, 0.15) is 18.5 Å². The molecule has 1 amide bonds. The first-order chi connectivity index (χ1) is 15.0. The maximum Gasteiger partial charge on any atom is 0.340 e. The Kier molecular flexibility index (Phi) is 4.32. The molecule has 1 aliphatic carbocycles. The number of aromatic nitrogens is 5. The smallest absolute Gasteiger partial charge is 0.340 e. The van der Waals surface area contributed by atoms with Crippen molar-refractivity contribution >= 4 is 22.5 Å². The molecule has 9 nitrogen and oxygen atoms in total. The number of anilines is 1. The summed E-state index contributed by atoms with van der Waals surface area (Å²) in [5.74, 6) is 1.03. The summed E-state index contributed by atoms with van der Waals surface area (Å²) < 4.78 is 7.26. The molecule has 9 heteroatoms. The summed E-state index contributed by atoms with van der Waals surface area (Å²) in [5, 5.41) is 9.06. The third kappa shape index (κ3) is 3.24. The van der Waals surface area contributed by atoms with E-state index in [1.807, 2.05) is 43.6 Å². The molecule has 1 aliphatic rings. The van der Waals surface area contributed by atoms with E-state index in [9.17, 15) is 4.79 Å². The van der Waals surface area contributed by atoms with Crippen molar-refractivity contribution in [3.8, 4) is 22.9 Å². The monoisotopic (exact) mass is 415 g/mol. The lowest BCUT2D eigenvalue weighted by Crippen LogP contribution is -2.29. The van der Waals surface area contributed by atoms with Gasteiger partial charge < -0.3 is 15.8 Å². The van der Waals surface area contributed by atoms with Crippen LogP contribution in [-0.2, 0) is 17.3 Å². The highest BCUT2D eigenvalue weighted by molar-refractivity contribution is 6.02. The summed E-state index contributed by atoms with van der Waals surface area (Å²) in [6.07, 6.45) is 6.62. The predicted octanol–water partition coefficient (Wildman–Crippen LogP) is 2.78. The van der Waals surface area contributed by atoms with Crippen LogP contribution in [0.15, 0.2) is 49.1 Å². The molecule has 0 unspecified atom stereocenters. The van der Waals surface area contributed by atoms with E-state index in [-0.39, 0.29) is 11.9 Å². The van der Waals surface area contributed by atoms with Crippen LogP contribution in [0.25, 0.3) is 21.9 Å². The van der Waals surface area contributed by atoms with Gasteiger partial charge in [0.25, 0.3) is 0 Å². The molecular weight excluding hydrogens is 394 g/mol. The van der Waals surface area contributed by atoms with E-state index in [4.69, 9.17) is 10.5 Å². The number of pyridine rings is 2. The van der Waals surface area contributed by atoms with E-state index < -0.39 is 5.41 Å². The number of hydrogen-bond acceptors (Lipinski definition) is 7. The lowest BCUT2D eigenvalue weighted by molar-refractivity contribution is -0.120. The Labute approximate surface area is 178 Å². The van der Waals surface area contributed by atoms with Gasteiger partial charge in [-0.1, -0.05) is 12.1 Å². The number of nitrogens with two attached hydrogens (primary N) is 1. The van der Waals surface area contributed by atoms with E-state index >= 15 is 0 Å². The molecule has 0 radical (unpaired) electrons. The lowest BCUT2D eigenvalue weighted by atomic mass is 9.95. The van der Waals surface area contributed by atoms with E-state index in [1.54, 1.807) is 24.3 Å². The molecule has 3 aromatic heterocycles. The average Bonchev–Trinajstić information content (AvgIpc) is 3.50. The van der Waals surface area contributed by atoms with Gasteiger partial charge in [0.2, 0.25) is 5.91 Å². The zero-order valence-electron chi connectivity index (χ0n) is 17.2. The molecule has 4 aromatic rings. The van der Waals surface area contributed by atoms with Crippen molar-refractivity contribution in [3.05, 3.63) is 54.7 Å². The number of aryl methyl sites for hydroxylation is 1. The van der Waals surface area contributed by atoms with Gasteiger partial charge in [0.05, 0.1) is 11.1 Å². The lowest BCUT2D eigenvalue weighted by Gasteiger charge is -2.15. The molecule has 3 heterocycles. The van der Waals surface area contributed by atoms with Crippen molar-refractivity contribution in [2.75, 3.05) is 12.4 Å². The van der Waals surface area contributed by atoms with Crippen molar-refractivity contribution < 1.29 is 9.53 Å². The van der Waals surface area contributed by atoms with Gasteiger partial charge in [-0.15, -0.1) is 5.10 Å². The Bertz CT molecular complexity index is 1290. The van der Waals surface area contributed by atoms with Crippen LogP contribution < -0.4 is 15.8 Å². The average molecular weight is 415 g/mol. The fourth-order valence-electron chi connectivity index (χ4n) is 3.75. The molecule has 31 heavy (non-hydrogen) atoms. The van der Waals surface area contributed by atoms with E-state index in [1.165, 1.54) is 0 Å². The molecular formula is C22H21N7O2. The van der Waals surface area contributed by atoms with Gasteiger partial charge in [0, 0.05) is 37.4 Å². The van der Waals surface area contributed by atoms with Gasteiger partial charge in [-0.25, -0.2) is 4.98 Å². The summed E-state index contributed by atoms with van der Waals surface area (Å²) in [4.78, 5) is 25.2. The maximum atomic E-state index is 12.0. The summed E-state index contributed by atoms with van der Waals surface area (Å²) in [5.41, 5.74) is 7.62. The minimum absolute atomic E-state index is 0.289. The minimum atomic E-state index is -0.651. The van der Waals surface area contributed by atoms with Crippen LogP contribution in [0.5, 0.6) is 11.8 Å². The minimum Gasteiger partial charge on any atom is -0.423 e. The molecule has 3 N–H and O–H groups in total. The van der Waals surface area contributed by atoms with Gasteiger partial charge in [-0.3, -0.25) is 14.5 Å². The molecule has 0 bridgehead atoms. The summed E-state index contributed by atoms with van der Waals surface area (Å²) in [6.45, 7) is 0. The predicted molar refractivity (Wildman–Crippen MR) is 116 cm³/mol. The number of hydrogen-bond donors (Lipinski definition) is 2. The van der Waals surface area contributed by atoms with Gasteiger partial charge in [-0.2, -0.15) is 4.98 Å². The second-order valence-electron chi connectivity index (χ2n) is 7.66. The van der Waals surface area contributed by atoms with Crippen LogP contribution in [0.3, 0.4) is 0 Å². The summed E-state index contributed by atoms with van der Waals surface area (Å²) >= 11 is 0. The second kappa shape index (κ2) is 7.05. The van der Waals surface area contributed by atoms with Crippen LogP contribution in [0, 0.1) is 0 Å². The van der Waals surface area contributed by atoms with Crippen molar-refractivity contribution in [2.24, 2.45) is 12.8 Å². The molecule has 156 valence electrons. The maximum absolute atomic E-state index is 12.0. The first-order valence-corrected chi connectivity index (χ1v) is 9.91. The fourth-order valence-corrected chi connectivity index (χ4v) is 3.75. The number of carbonyl (C=O) groups is 1. The SMILES string of the molecule is CNc1ncc(-c2ccc(Oc3ncn(C)n3)cc2)c2cc(C3(C(N)=O)CC3)ncc12. The number of amides is 1. The van der Waals surface area contributed by atoms with Crippen LogP contribution in [-0.4, -0.2) is 37.7 Å². The number of rotatable bonds is 6. The third-order valence-corrected chi connectivity index (χ3v) is 5.67. The molecule has 5 rings (SSSR count). The summed E-state index contributed by atoms with van der Waals surface area (Å²) in [7, 11) is 3.60. The molecule has 1 fully saturated rings. The normalized spacial score (nSPS) is 14.4. The quantitative estimate of drug-likeness (QED) is 0.497. The molecule has 1 aromatic carbocycles. The van der Waals surface area contributed by atoms with Gasteiger partial charge in [0.1, 0.15) is 17.9 Å². The van der Waals surface area contributed by atoms with E-state index in [2.05, 4.69) is 25.4 Å². The highest BCUT2D eigenvalue weighted by Crippen LogP contribution is 2.48. The van der Waals surface area contributed by atoms with E-state index in [0.717, 1.165) is 40.6 Å².